The summed E-state index contributed by atoms with van der Waals surface area (Å²) in [7, 11) is 0. The molecular formula is C22H23ClN2O3. The van der Waals surface area contributed by atoms with Gasteiger partial charge in [0.25, 0.3) is 5.56 Å². The number of pyridine rings is 1. The molecule has 0 spiro atoms. The first-order valence-corrected chi connectivity index (χ1v) is 10.1. The number of hydrogen-bond acceptors (Lipinski definition) is 3. The quantitative estimate of drug-likeness (QED) is 0.772. The minimum Gasteiger partial charge on any atom is -0.492 e. The van der Waals surface area contributed by atoms with E-state index in [9.17, 15) is 9.59 Å². The zero-order valence-electron chi connectivity index (χ0n) is 15.8. The fourth-order valence-corrected chi connectivity index (χ4v) is 3.77. The molecule has 2 aromatic rings. The second kappa shape index (κ2) is 7.84. The first kappa shape index (κ1) is 18.8. The standard InChI is InChI=1S/C22H23ClN2O3/c1-2-28-20-11-14(5-8-18(20)23)17(12-15-6-10-21(26)24-15)19-9-7-16(13-3-4-13)22(27)25-19/h5,7-9,11-13,15H,2-4,6,10H2,1H3,(H,24,26)(H,25,27)/b17-12+/t15-/m1/s1. The summed E-state index contributed by atoms with van der Waals surface area (Å²) in [5, 5.41) is 3.50. The van der Waals surface area contributed by atoms with E-state index in [0.717, 1.165) is 41.7 Å². The molecule has 1 aromatic carbocycles. The Hall–Kier alpha value is -2.53. The average Bonchev–Trinajstić information content (AvgIpc) is 3.43. The van der Waals surface area contributed by atoms with Gasteiger partial charge < -0.3 is 15.0 Å². The maximum atomic E-state index is 12.6. The summed E-state index contributed by atoms with van der Waals surface area (Å²) >= 11 is 6.24. The maximum absolute atomic E-state index is 12.6. The Morgan fingerprint density at radius 2 is 2.04 bits per heavy atom. The van der Waals surface area contributed by atoms with Crippen molar-refractivity contribution >= 4 is 23.1 Å². The number of rotatable bonds is 6. The van der Waals surface area contributed by atoms with Crippen LogP contribution in [0.4, 0.5) is 0 Å². The largest absolute Gasteiger partial charge is 0.492 e. The monoisotopic (exact) mass is 398 g/mol. The molecule has 1 saturated heterocycles. The number of benzene rings is 1. The van der Waals surface area contributed by atoms with Gasteiger partial charge in [0.05, 0.1) is 11.6 Å². The lowest BCUT2D eigenvalue weighted by Gasteiger charge is -2.14. The van der Waals surface area contributed by atoms with Crippen LogP contribution in [0.5, 0.6) is 5.75 Å². The highest BCUT2D eigenvalue weighted by Crippen LogP contribution is 2.38. The molecule has 0 radical (unpaired) electrons. The molecule has 1 aliphatic heterocycles. The van der Waals surface area contributed by atoms with E-state index in [1.54, 1.807) is 6.07 Å². The van der Waals surface area contributed by atoms with Crippen LogP contribution in [0.25, 0.3) is 5.57 Å². The average molecular weight is 399 g/mol. The molecule has 1 aliphatic carbocycles. The molecule has 1 atom stereocenters. The molecule has 0 bridgehead atoms. The third-order valence-electron chi connectivity index (χ3n) is 5.19. The molecule has 1 amide bonds. The van der Waals surface area contributed by atoms with Gasteiger partial charge in [0, 0.05) is 29.3 Å². The third-order valence-corrected chi connectivity index (χ3v) is 5.50. The van der Waals surface area contributed by atoms with E-state index in [-0.39, 0.29) is 17.5 Å². The summed E-state index contributed by atoms with van der Waals surface area (Å²) in [4.78, 5) is 27.2. The zero-order valence-corrected chi connectivity index (χ0v) is 16.5. The molecule has 2 heterocycles. The van der Waals surface area contributed by atoms with Gasteiger partial charge in [0.1, 0.15) is 5.75 Å². The van der Waals surface area contributed by atoms with Crippen molar-refractivity contribution in [1.29, 1.82) is 0 Å². The van der Waals surface area contributed by atoms with E-state index in [2.05, 4.69) is 10.3 Å². The van der Waals surface area contributed by atoms with E-state index in [1.165, 1.54) is 0 Å². The molecule has 5 nitrogen and oxygen atoms in total. The minimum atomic E-state index is -0.0691. The Balaban J connectivity index is 1.77. The lowest BCUT2D eigenvalue weighted by molar-refractivity contribution is -0.119. The molecular weight excluding hydrogens is 376 g/mol. The maximum Gasteiger partial charge on any atom is 0.251 e. The molecule has 2 N–H and O–H groups in total. The second-order valence-corrected chi connectivity index (χ2v) is 7.71. The molecule has 4 rings (SSSR count). The second-order valence-electron chi connectivity index (χ2n) is 7.30. The van der Waals surface area contributed by atoms with Gasteiger partial charge in [-0.1, -0.05) is 29.8 Å². The van der Waals surface area contributed by atoms with Crippen LogP contribution in [-0.2, 0) is 4.79 Å². The first-order valence-electron chi connectivity index (χ1n) is 9.72. The van der Waals surface area contributed by atoms with Crippen molar-refractivity contribution in [3.8, 4) is 5.75 Å². The van der Waals surface area contributed by atoms with Crippen LogP contribution in [-0.4, -0.2) is 23.5 Å². The molecule has 28 heavy (non-hydrogen) atoms. The van der Waals surface area contributed by atoms with Gasteiger partial charge in [0.15, 0.2) is 0 Å². The van der Waals surface area contributed by atoms with Crippen LogP contribution in [0, 0.1) is 0 Å². The molecule has 6 heteroatoms. The fraction of sp³-hybridized carbons (Fsp3) is 0.364. The van der Waals surface area contributed by atoms with Crippen LogP contribution in [0.15, 0.2) is 41.2 Å². The van der Waals surface area contributed by atoms with Crippen LogP contribution in [0.3, 0.4) is 0 Å². The van der Waals surface area contributed by atoms with Gasteiger partial charge in [-0.05, 0) is 55.9 Å². The van der Waals surface area contributed by atoms with Crippen LogP contribution < -0.4 is 15.6 Å². The third kappa shape index (κ3) is 3.99. The smallest absolute Gasteiger partial charge is 0.251 e. The predicted molar refractivity (Wildman–Crippen MR) is 110 cm³/mol. The van der Waals surface area contributed by atoms with Crippen LogP contribution in [0.2, 0.25) is 5.02 Å². The highest BCUT2D eigenvalue weighted by Gasteiger charge is 2.27. The Morgan fingerprint density at radius 1 is 1.21 bits per heavy atom. The molecule has 0 unspecified atom stereocenters. The van der Waals surface area contributed by atoms with Crippen molar-refractivity contribution in [2.45, 2.75) is 44.6 Å². The summed E-state index contributed by atoms with van der Waals surface area (Å²) < 4.78 is 5.63. The Kier molecular flexibility index (Phi) is 5.27. The van der Waals surface area contributed by atoms with Crippen LogP contribution in [0.1, 0.15) is 55.3 Å². The number of hydrogen-bond donors (Lipinski definition) is 2. The SMILES string of the molecule is CCOc1cc(/C(=C\[C@H]2CCC(=O)N2)c2ccc(C3CC3)c(=O)[nH]2)ccc1Cl. The van der Waals surface area contributed by atoms with Crippen molar-refractivity contribution in [2.24, 2.45) is 0 Å². The topological polar surface area (TPSA) is 71.2 Å². The summed E-state index contributed by atoms with van der Waals surface area (Å²) in [5.41, 5.74) is 3.26. The fourth-order valence-electron chi connectivity index (χ4n) is 3.60. The lowest BCUT2D eigenvalue weighted by Crippen LogP contribution is -2.23. The molecule has 1 aromatic heterocycles. The van der Waals surface area contributed by atoms with Crippen molar-refractivity contribution in [2.75, 3.05) is 6.61 Å². The first-order chi connectivity index (χ1) is 13.5. The number of aromatic nitrogens is 1. The normalized spacial score (nSPS) is 19.6. The number of ether oxygens (including phenoxy) is 1. The Labute approximate surface area is 168 Å². The van der Waals surface area contributed by atoms with Crippen molar-refractivity contribution in [3.63, 3.8) is 0 Å². The highest BCUT2D eigenvalue weighted by atomic mass is 35.5. The van der Waals surface area contributed by atoms with Gasteiger partial charge in [-0.25, -0.2) is 0 Å². The summed E-state index contributed by atoms with van der Waals surface area (Å²) in [6.45, 7) is 2.41. The van der Waals surface area contributed by atoms with E-state index in [0.29, 0.717) is 29.7 Å². The van der Waals surface area contributed by atoms with Gasteiger partial charge in [-0.15, -0.1) is 0 Å². The lowest BCUT2D eigenvalue weighted by atomic mass is 9.98. The number of amides is 1. The van der Waals surface area contributed by atoms with E-state index in [1.807, 2.05) is 37.3 Å². The highest BCUT2D eigenvalue weighted by molar-refractivity contribution is 6.32. The summed E-state index contributed by atoms with van der Waals surface area (Å²) in [6.07, 6.45) is 5.41. The van der Waals surface area contributed by atoms with E-state index < -0.39 is 0 Å². The van der Waals surface area contributed by atoms with Gasteiger partial charge in [0.2, 0.25) is 5.91 Å². The predicted octanol–water partition coefficient (Wildman–Crippen LogP) is 4.01. The zero-order chi connectivity index (χ0) is 19.7. The Morgan fingerprint density at radius 3 is 2.68 bits per heavy atom. The summed E-state index contributed by atoms with van der Waals surface area (Å²) in [6, 6.07) is 9.38. The van der Waals surface area contributed by atoms with Crippen LogP contribution >= 0.6 is 11.6 Å². The number of carbonyl (C=O) groups is 1. The van der Waals surface area contributed by atoms with Crippen molar-refractivity contribution in [3.05, 3.63) is 68.6 Å². The van der Waals surface area contributed by atoms with Gasteiger partial charge >= 0.3 is 0 Å². The number of nitrogens with one attached hydrogen (secondary N) is 2. The summed E-state index contributed by atoms with van der Waals surface area (Å²) in [5.74, 6) is 1.03. The molecule has 146 valence electrons. The van der Waals surface area contributed by atoms with Crippen molar-refractivity contribution in [1.82, 2.24) is 10.3 Å². The van der Waals surface area contributed by atoms with Gasteiger partial charge in [-0.2, -0.15) is 0 Å². The molecule has 2 aliphatic rings. The minimum absolute atomic E-state index is 0.0413. The number of halogens is 1. The van der Waals surface area contributed by atoms with E-state index in [4.69, 9.17) is 16.3 Å². The number of aromatic amines is 1. The Bertz CT molecular complexity index is 992. The number of H-pyrrole nitrogens is 1. The van der Waals surface area contributed by atoms with Gasteiger partial charge in [-0.3, -0.25) is 9.59 Å². The van der Waals surface area contributed by atoms with Crippen molar-refractivity contribution < 1.29 is 9.53 Å². The molecule has 2 fully saturated rings. The van der Waals surface area contributed by atoms with E-state index >= 15 is 0 Å². The molecule has 1 saturated carbocycles. The number of carbonyl (C=O) groups excluding carboxylic acids is 1.